The summed E-state index contributed by atoms with van der Waals surface area (Å²) in [6.07, 6.45) is 1.18. The maximum Gasteiger partial charge on any atom is 0.266 e. The van der Waals surface area contributed by atoms with Crippen LogP contribution in [0.1, 0.15) is 36.8 Å². The second kappa shape index (κ2) is 7.71. The Labute approximate surface area is 164 Å². The van der Waals surface area contributed by atoms with E-state index in [0.717, 1.165) is 12.1 Å². The SMILES string of the molecule is CC(C)(C)C#Cc1ccc(C(=O)NS(=O)(=O)c2ccccc2S(N)(=O)=O)cn1. The van der Waals surface area contributed by atoms with Gasteiger partial charge in [-0.15, -0.1) is 0 Å². The van der Waals surface area contributed by atoms with Gasteiger partial charge in [0.1, 0.15) is 15.5 Å². The van der Waals surface area contributed by atoms with Gasteiger partial charge in [0.05, 0.1) is 5.56 Å². The maximum atomic E-state index is 12.5. The van der Waals surface area contributed by atoms with Crippen LogP contribution in [0.4, 0.5) is 0 Å². The minimum absolute atomic E-state index is 0.0297. The number of benzene rings is 1. The molecule has 0 spiro atoms. The van der Waals surface area contributed by atoms with Crippen LogP contribution in [-0.2, 0) is 20.0 Å². The smallest absolute Gasteiger partial charge is 0.266 e. The predicted octanol–water partition coefficient (Wildman–Crippen LogP) is 1.25. The van der Waals surface area contributed by atoms with E-state index in [9.17, 15) is 21.6 Å². The summed E-state index contributed by atoms with van der Waals surface area (Å²) < 4.78 is 50.0. The van der Waals surface area contributed by atoms with E-state index in [4.69, 9.17) is 5.14 Å². The molecule has 10 heteroatoms. The molecule has 0 aliphatic heterocycles. The lowest BCUT2D eigenvalue weighted by molar-refractivity contribution is 0.0981. The minimum Gasteiger partial charge on any atom is -0.268 e. The first-order valence-corrected chi connectivity index (χ1v) is 11.0. The lowest BCUT2D eigenvalue weighted by Gasteiger charge is -2.10. The molecule has 2 aromatic rings. The molecule has 28 heavy (non-hydrogen) atoms. The summed E-state index contributed by atoms with van der Waals surface area (Å²) in [4.78, 5) is 15.1. The van der Waals surface area contributed by atoms with Crippen molar-refractivity contribution in [3.8, 4) is 11.8 Å². The zero-order valence-corrected chi connectivity index (χ0v) is 17.1. The molecule has 0 aliphatic rings. The van der Waals surface area contributed by atoms with Gasteiger partial charge < -0.3 is 0 Å². The summed E-state index contributed by atoms with van der Waals surface area (Å²) in [5.41, 5.74) is 0.176. The molecule has 1 amide bonds. The van der Waals surface area contributed by atoms with E-state index in [-0.39, 0.29) is 11.0 Å². The lowest BCUT2D eigenvalue weighted by atomic mass is 9.98. The van der Waals surface area contributed by atoms with Crippen molar-refractivity contribution in [3.63, 3.8) is 0 Å². The van der Waals surface area contributed by atoms with Crippen LogP contribution < -0.4 is 9.86 Å². The summed E-state index contributed by atoms with van der Waals surface area (Å²) in [6, 6.07) is 7.58. The molecular formula is C18H19N3O5S2. The Morgan fingerprint density at radius 3 is 2.14 bits per heavy atom. The number of pyridine rings is 1. The van der Waals surface area contributed by atoms with E-state index in [1.807, 2.05) is 25.5 Å². The molecule has 0 radical (unpaired) electrons. The highest BCUT2D eigenvalue weighted by atomic mass is 32.2. The number of nitrogens with two attached hydrogens (primary N) is 1. The monoisotopic (exact) mass is 421 g/mol. The molecule has 0 saturated carbocycles. The number of sulfonamides is 2. The molecule has 1 aromatic carbocycles. The Balaban J connectivity index is 2.29. The largest absolute Gasteiger partial charge is 0.268 e. The highest BCUT2D eigenvalue weighted by Gasteiger charge is 2.26. The van der Waals surface area contributed by atoms with E-state index >= 15 is 0 Å². The number of carbonyl (C=O) groups is 1. The van der Waals surface area contributed by atoms with E-state index < -0.39 is 35.7 Å². The first kappa shape index (κ1) is 21.6. The van der Waals surface area contributed by atoms with Crippen molar-refractivity contribution in [2.45, 2.75) is 30.6 Å². The quantitative estimate of drug-likeness (QED) is 0.713. The second-order valence-corrected chi connectivity index (χ2v) is 10.0. The van der Waals surface area contributed by atoms with Gasteiger partial charge in [-0.2, -0.15) is 0 Å². The van der Waals surface area contributed by atoms with Gasteiger partial charge in [-0.3, -0.25) is 4.79 Å². The molecule has 0 unspecified atom stereocenters. The summed E-state index contributed by atoms with van der Waals surface area (Å²) in [5.74, 6) is 4.88. The number of hydrogen-bond donors (Lipinski definition) is 2. The van der Waals surface area contributed by atoms with Crippen LogP contribution in [0.2, 0.25) is 0 Å². The van der Waals surface area contributed by atoms with Crippen molar-refractivity contribution in [2.24, 2.45) is 10.6 Å². The van der Waals surface area contributed by atoms with Gasteiger partial charge >= 0.3 is 0 Å². The van der Waals surface area contributed by atoms with Crippen LogP contribution >= 0.6 is 0 Å². The van der Waals surface area contributed by atoms with E-state index in [1.54, 1.807) is 0 Å². The average Bonchev–Trinajstić information content (AvgIpc) is 2.58. The predicted molar refractivity (Wildman–Crippen MR) is 103 cm³/mol. The Bertz CT molecular complexity index is 1170. The fourth-order valence-corrected chi connectivity index (χ4v) is 4.35. The number of hydrogen-bond acceptors (Lipinski definition) is 6. The van der Waals surface area contributed by atoms with Gasteiger partial charge in [-0.1, -0.05) is 18.1 Å². The number of carbonyl (C=O) groups excluding carboxylic acids is 1. The molecule has 1 heterocycles. The summed E-state index contributed by atoms with van der Waals surface area (Å²) >= 11 is 0. The van der Waals surface area contributed by atoms with Gasteiger partial charge in [-0.05, 0) is 51.0 Å². The number of nitrogens with zero attached hydrogens (tertiary/aromatic N) is 1. The zero-order chi connectivity index (χ0) is 21.2. The third kappa shape index (κ3) is 5.63. The lowest BCUT2D eigenvalue weighted by Crippen LogP contribution is -2.32. The van der Waals surface area contributed by atoms with Gasteiger partial charge in [0, 0.05) is 11.6 Å². The molecule has 0 saturated heterocycles. The number of aromatic nitrogens is 1. The number of nitrogens with one attached hydrogen (secondary N) is 1. The third-order valence-corrected chi connectivity index (χ3v) is 5.75. The highest BCUT2D eigenvalue weighted by Crippen LogP contribution is 2.19. The summed E-state index contributed by atoms with van der Waals surface area (Å²) in [7, 11) is -8.77. The van der Waals surface area contributed by atoms with E-state index in [0.29, 0.717) is 5.69 Å². The van der Waals surface area contributed by atoms with E-state index in [1.165, 1.54) is 30.5 Å². The minimum atomic E-state index is -4.48. The maximum absolute atomic E-state index is 12.5. The molecule has 0 fully saturated rings. The molecule has 148 valence electrons. The van der Waals surface area contributed by atoms with Crippen molar-refractivity contribution in [2.75, 3.05) is 0 Å². The fourth-order valence-electron chi connectivity index (χ4n) is 2.00. The summed E-state index contributed by atoms with van der Waals surface area (Å²) in [6.45, 7) is 5.81. The topological polar surface area (TPSA) is 136 Å². The fraction of sp³-hybridized carbons (Fsp3) is 0.222. The molecular weight excluding hydrogens is 402 g/mol. The van der Waals surface area contributed by atoms with Crippen molar-refractivity contribution in [3.05, 3.63) is 53.9 Å². The standard InChI is InChI=1S/C18H19N3O5S2/c1-18(2,3)11-10-14-9-8-13(12-20-14)17(22)21-28(25,26)16-7-5-4-6-15(16)27(19,23)24/h4-9,12H,1-3H3,(H,21,22)(H2,19,23,24). The van der Waals surface area contributed by atoms with Crippen molar-refractivity contribution < 1.29 is 21.6 Å². The average molecular weight is 422 g/mol. The highest BCUT2D eigenvalue weighted by molar-refractivity contribution is 7.92. The molecule has 1 aromatic heterocycles. The molecule has 3 N–H and O–H groups in total. The molecule has 2 rings (SSSR count). The zero-order valence-electron chi connectivity index (χ0n) is 15.4. The van der Waals surface area contributed by atoms with Gasteiger partial charge in [0.2, 0.25) is 10.0 Å². The van der Waals surface area contributed by atoms with Crippen molar-refractivity contribution in [1.29, 1.82) is 0 Å². The van der Waals surface area contributed by atoms with Crippen LogP contribution in [0.5, 0.6) is 0 Å². The van der Waals surface area contributed by atoms with Crippen LogP contribution in [0.15, 0.2) is 52.4 Å². The Morgan fingerprint density at radius 2 is 1.64 bits per heavy atom. The Hall–Kier alpha value is -2.74. The number of rotatable bonds is 4. The van der Waals surface area contributed by atoms with Crippen LogP contribution in [0, 0.1) is 17.3 Å². The normalized spacial score (nSPS) is 12.0. The molecule has 8 nitrogen and oxygen atoms in total. The van der Waals surface area contributed by atoms with Gasteiger partial charge in [0.25, 0.3) is 15.9 Å². The Kier molecular flexibility index (Phi) is 5.94. The van der Waals surface area contributed by atoms with Crippen LogP contribution in [0.25, 0.3) is 0 Å². The first-order chi connectivity index (χ1) is 12.8. The number of amides is 1. The van der Waals surface area contributed by atoms with Gasteiger partial charge in [-0.25, -0.2) is 31.7 Å². The van der Waals surface area contributed by atoms with E-state index in [2.05, 4.69) is 16.8 Å². The summed E-state index contributed by atoms with van der Waals surface area (Å²) in [5, 5.41) is 5.04. The molecule has 0 bridgehead atoms. The third-order valence-electron chi connectivity index (χ3n) is 3.26. The van der Waals surface area contributed by atoms with Gasteiger partial charge in [0.15, 0.2) is 0 Å². The van der Waals surface area contributed by atoms with Crippen LogP contribution in [-0.4, -0.2) is 27.7 Å². The second-order valence-electron chi connectivity index (χ2n) is 6.86. The molecule has 0 aliphatic carbocycles. The Morgan fingerprint density at radius 1 is 1.04 bits per heavy atom. The van der Waals surface area contributed by atoms with Crippen molar-refractivity contribution >= 4 is 26.0 Å². The van der Waals surface area contributed by atoms with Crippen LogP contribution in [0.3, 0.4) is 0 Å². The molecule has 0 atom stereocenters. The number of primary sulfonamides is 1. The first-order valence-electron chi connectivity index (χ1n) is 7.98. The van der Waals surface area contributed by atoms with Crippen molar-refractivity contribution in [1.82, 2.24) is 9.71 Å².